The summed E-state index contributed by atoms with van der Waals surface area (Å²) in [7, 11) is 1.40. The quantitative estimate of drug-likeness (QED) is 0.884. The second-order valence-electron chi connectivity index (χ2n) is 4.30. The number of ether oxygens (including phenoxy) is 1. The Morgan fingerprint density at radius 3 is 2.48 bits per heavy atom. The van der Waals surface area contributed by atoms with Gasteiger partial charge in [-0.3, -0.25) is 4.98 Å². The lowest BCUT2D eigenvalue weighted by molar-refractivity contribution is -0.140. The Balaban J connectivity index is 2.41. The Labute approximate surface area is 117 Å². The number of nitrogens with zero attached hydrogens (tertiary/aromatic N) is 1. The Hall–Kier alpha value is -2.15. The van der Waals surface area contributed by atoms with Gasteiger partial charge in [0.1, 0.15) is 17.7 Å². The summed E-state index contributed by atoms with van der Waals surface area (Å²) >= 11 is 0. The maximum Gasteiger partial charge on any atom is 0.419 e. The average Bonchev–Trinajstić information content (AvgIpc) is 2.46. The van der Waals surface area contributed by atoms with Gasteiger partial charge >= 0.3 is 6.18 Å². The van der Waals surface area contributed by atoms with Crippen molar-refractivity contribution in [2.75, 3.05) is 7.11 Å². The molecular formula is C14H11F4NO2. The van der Waals surface area contributed by atoms with E-state index in [9.17, 15) is 22.7 Å². The van der Waals surface area contributed by atoms with E-state index in [0.717, 1.165) is 6.07 Å². The first-order chi connectivity index (χ1) is 9.82. The lowest BCUT2D eigenvalue weighted by Gasteiger charge is -2.15. The first-order valence-electron chi connectivity index (χ1n) is 5.86. The minimum Gasteiger partial charge on any atom is -0.495 e. The molecule has 1 heterocycles. The van der Waals surface area contributed by atoms with E-state index >= 15 is 0 Å². The van der Waals surface area contributed by atoms with E-state index in [1.54, 1.807) is 0 Å². The topological polar surface area (TPSA) is 42.4 Å². The number of aliphatic hydroxyl groups excluding tert-OH is 1. The molecule has 0 aliphatic heterocycles. The first-order valence-corrected chi connectivity index (χ1v) is 5.86. The fourth-order valence-corrected chi connectivity index (χ4v) is 1.82. The van der Waals surface area contributed by atoms with Crippen LogP contribution in [0.15, 0.2) is 36.7 Å². The zero-order valence-electron chi connectivity index (χ0n) is 10.9. The third kappa shape index (κ3) is 3.30. The van der Waals surface area contributed by atoms with Crippen LogP contribution in [0.4, 0.5) is 17.6 Å². The molecule has 0 aliphatic carbocycles. The van der Waals surface area contributed by atoms with E-state index < -0.39 is 23.7 Å². The number of rotatable bonds is 3. The SMILES string of the molecule is COc1cncc(C(O)c2ccc(F)c(C(F)(F)F)c2)c1. The summed E-state index contributed by atoms with van der Waals surface area (Å²) in [6.07, 6.45) is -3.51. The summed E-state index contributed by atoms with van der Waals surface area (Å²) in [5.74, 6) is -1.04. The lowest BCUT2D eigenvalue weighted by atomic mass is 10.0. The summed E-state index contributed by atoms with van der Waals surface area (Å²) in [6.45, 7) is 0. The predicted molar refractivity (Wildman–Crippen MR) is 66.3 cm³/mol. The zero-order chi connectivity index (χ0) is 15.6. The van der Waals surface area contributed by atoms with Crippen molar-refractivity contribution < 1.29 is 27.4 Å². The number of pyridine rings is 1. The molecule has 1 unspecified atom stereocenters. The molecule has 21 heavy (non-hydrogen) atoms. The van der Waals surface area contributed by atoms with Gasteiger partial charge in [-0.05, 0) is 23.8 Å². The molecule has 0 bridgehead atoms. The minimum absolute atomic E-state index is 0.0845. The van der Waals surface area contributed by atoms with Crippen molar-refractivity contribution in [3.05, 3.63) is 59.2 Å². The van der Waals surface area contributed by atoms with Crippen LogP contribution in [0.5, 0.6) is 5.75 Å². The van der Waals surface area contributed by atoms with Crippen molar-refractivity contribution in [3.63, 3.8) is 0 Å². The van der Waals surface area contributed by atoms with Crippen LogP contribution < -0.4 is 4.74 Å². The molecule has 7 heteroatoms. The van der Waals surface area contributed by atoms with E-state index in [-0.39, 0.29) is 11.1 Å². The molecule has 0 amide bonds. The van der Waals surface area contributed by atoms with Crippen LogP contribution in [0.2, 0.25) is 0 Å². The van der Waals surface area contributed by atoms with Gasteiger partial charge in [-0.15, -0.1) is 0 Å². The van der Waals surface area contributed by atoms with E-state index in [0.29, 0.717) is 17.9 Å². The van der Waals surface area contributed by atoms with Crippen LogP contribution in [-0.4, -0.2) is 17.2 Å². The van der Waals surface area contributed by atoms with Gasteiger partial charge in [-0.25, -0.2) is 4.39 Å². The molecular weight excluding hydrogens is 290 g/mol. The average molecular weight is 301 g/mol. The van der Waals surface area contributed by atoms with Crippen molar-refractivity contribution in [2.24, 2.45) is 0 Å². The Kier molecular flexibility index (Phi) is 4.13. The van der Waals surface area contributed by atoms with Crippen molar-refractivity contribution in [1.82, 2.24) is 4.98 Å². The van der Waals surface area contributed by atoms with Crippen LogP contribution in [-0.2, 0) is 6.18 Å². The largest absolute Gasteiger partial charge is 0.495 e. The van der Waals surface area contributed by atoms with Crippen LogP contribution in [0.1, 0.15) is 22.8 Å². The molecule has 0 fully saturated rings. The highest BCUT2D eigenvalue weighted by Crippen LogP contribution is 2.34. The molecule has 0 spiro atoms. The molecule has 3 nitrogen and oxygen atoms in total. The van der Waals surface area contributed by atoms with Gasteiger partial charge in [0, 0.05) is 11.8 Å². The van der Waals surface area contributed by atoms with Crippen molar-refractivity contribution >= 4 is 0 Å². The standard InChI is InChI=1S/C14H11F4NO2/c1-21-10-4-9(6-19-7-10)13(20)8-2-3-12(15)11(5-8)14(16,17)18/h2-7,13,20H,1H3. The summed E-state index contributed by atoms with van der Waals surface area (Å²) in [5, 5.41) is 10.1. The fourth-order valence-electron chi connectivity index (χ4n) is 1.82. The smallest absolute Gasteiger partial charge is 0.419 e. The van der Waals surface area contributed by atoms with Crippen molar-refractivity contribution in [1.29, 1.82) is 0 Å². The molecule has 0 aliphatic rings. The second-order valence-corrected chi connectivity index (χ2v) is 4.30. The van der Waals surface area contributed by atoms with Crippen LogP contribution in [0.25, 0.3) is 0 Å². The second kappa shape index (κ2) is 5.69. The molecule has 1 aromatic heterocycles. The van der Waals surface area contributed by atoms with Gasteiger partial charge in [-0.2, -0.15) is 13.2 Å². The normalized spacial score (nSPS) is 13.0. The summed E-state index contributed by atoms with van der Waals surface area (Å²) in [5.41, 5.74) is -1.26. The molecule has 0 saturated heterocycles. The first kappa shape index (κ1) is 15.2. The fraction of sp³-hybridized carbons (Fsp3) is 0.214. The zero-order valence-corrected chi connectivity index (χ0v) is 10.9. The number of aliphatic hydroxyl groups is 1. The molecule has 1 atom stereocenters. The maximum atomic E-state index is 13.2. The number of benzene rings is 1. The highest BCUT2D eigenvalue weighted by atomic mass is 19.4. The van der Waals surface area contributed by atoms with Gasteiger partial charge in [0.05, 0.1) is 18.9 Å². The van der Waals surface area contributed by atoms with Gasteiger partial charge < -0.3 is 9.84 Å². The third-order valence-corrected chi connectivity index (χ3v) is 2.90. The molecule has 0 radical (unpaired) electrons. The molecule has 1 N–H and O–H groups in total. The summed E-state index contributed by atoms with van der Waals surface area (Å²) in [6, 6.07) is 3.79. The van der Waals surface area contributed by atoms with Gasteiger partial charge in [0.25, 0.3) is 0 Å². The minimum atomic E-state index is -4.83. The Bertz CT molecular complexity index is 643. The number of aromatic nitrogens is 1. The predicted octanol–water partition coefficient (Wildman–Crippen LogP) is 3.33. The third-order valence-electron chi connectivity index (χ3n) is 2.90. The highest BCUT2D eigenvalue weighted by molar-refractivity contribution is 5.35. The van der Waals surface area contributed by atoms with E-state index in [1.165, 1.54) is 25.6 Å². The summed E-state index contributed by atoms with van der Waals surface area (Å²) in [4.78, 5) is 3.81. The molecule has 0 saturated carbocycles. The van der Waals surface area contributed by atoms with E-state index in [4.69, 9.17) is 4.74 Å². The monoisotopic (exact) mass is 301 g/mol. The van der Waals surface area contributed by atoms with Crippen LogP contribution in [0.3, 0.4) is 0 Å². The lowest BCUT2D eigenvalue weighted by Crippen LogP contribution is -2.10. The summed E-state index contributed by atoms with van der Waals surface area (Å²) < 4.78 is 56.1. The molecule has 1 aromatic carbocycles. The van der Waals surface area contributed by atoms with E-state index in [1.807, 2.05) is 0 Å². The maximum absolute atomic E-state index is 13.2. The van der Waals surface area contributed by atoms with Crippen molar-refractivity contribution in [2.45, 2.75) is 12.3 Å². The molecule has 2 rings (SSSR count). The van der Waals surface area contributed by atoms with Gasteiger partial charge in [-0.1, -0.05) is 6.07 Å². The Morgan fingerprint density at radius 2 is 1.86 bits per heavy atom. The number of alkyl halides is 3. The van der Waals surface area contributed by atoms with Gasteiger partial charge in [0.15, 0.2) is 0 Å². The molecule has 2 aromatic rings. The van der Waals surface area contributed by atoms with Gasteiger partial charge in [0.2, 0.25) is 0 Å². The number of hydrogen-bond donors (Lipinski definition) is 1. The number of methoxy groups -OCH3 is 1. The number of halogens is 4. The van der Waals surface area contributed by atoms with Crippen molar-refractivity contribution in [3.8, 4) is 5.75 Å². The number of hydrogen-bond acceptors (Lipinski definition) is 3. The highest BCUT2D eigenvalue weighted by Gasteiger charge is 2.34. The molecule has 112 valence electrons. The Morgan fingerprint density at radius 1 is 1.14 bits per heavy atom. The van der Waals surface area contributed by atoms with Crippen LogP contribution in [0, 0.1) is 5.82 Å². The van der Waals surface area contributed by atoms with E-state index in [2.05, 4.69) is 4.98 Å². The van der Waals surface area contributed by atoms with Crippen LogP contribution >= 0.6 is 0 Å².